The Morgan fingerprint density at radius 2 is 2.06 bits per heavy atom. The molecule has 1 fully saturated rings. The van der Waals surface area contributed by atoms with E-state index < -0.39 is 5.97 Å². The van der Waals surface area contributed by atoms with Crippen LogP contribution in [0.4, 0.5) is 0 Å². The Morgan fingerprint density at radius 1 is 1.41 bits per heavy atom. The van der Waals surface area contributed by atoms with E-state index in [1.54, 1.807) is 0 Å². The summed E-state index contributed by atoms with van der Waals surface area (Å²) < 4.78 is 0. The first kappa shape index (κ1) is 12.1. The third-order valence-electron chi connectivity index (χ3n) is 3.93. The van der Waals surface area contributed by atoms with Crippen molar-refractivity contribution in [1.82, 2.24) is 9.97 Å². The largest absolute Gasteiger partial charge is 0.477 e. The molecule has 2 N–H and O–H groups in total. The van der Waals surface area contributed by atoms with Crippen LogP contribution in [-0.2, 0) is 0 Å². The summed E-state index contributed by atoms with van der Waals surface area (Å²) in [6.07, 6.45) is 6.12. The van der Waals surface area contributed by atoms with Gasteiger partial charge in [-0.1, -0.05) is 13.8 Å². The first-order valence-corrected chi connectivity index (χ1v) is 6.36. The van der Waals surface area contributed by atoms with Gasteiger partial charge >= 0.3 is 5.97 Å². The minimum atomic E-state index is -0.931. The fourth-order valence-electron chi connectivity index (χ4n) is 2.71. The van der Waals surface area contributed by atoms with Gasteiger partial charge in [-0.3, -0.25) is 0 Å². The maximum absolute atomic E-state index is 10.8. The van der Waals surface area contributed by atoms with E-state index in [0.29, 0.717) is 5.92 Å². The number of hydrogen-bond acceptors (Lipinski definition) is 2. The quantitative estimate of drug-likeness (QED) is 0.847. The lowest BCUT2D eigenvalue weighted by molar-refractivity contribution is 0.0691. The van der Waals surface area contributed by atoms with E-state index in [2.05, 4.69) is 23.8 Å². The molecule has 0 spiro atoms. The molecule has 4 nitrogen and oxygen atoms in total. The molecule has 0 aromatic carbocycles. The highest BCUT2D eigenvalue weighted by Gasteiger charge is 2.26. The fraction of sp³-hybridized carbons (Fsp3) is 0.692. The molecule has 0 aliphatic heterocycles. The van der Waals surface area contributed by atoms with E-state index in [9.17, 15) is 4.79 Å². The number of carbonyl (C=O) groups is 1. The lowest BCUT2D eigenvalue weighted by atomic mass is 9.77. The average Bonchev–Trinajstić information content (AvgIpc) is 2.78. The normalized spacial score (nSPS) is 25.1. The minimum Gasteiger partial charge on any atom is -0.477 e. The summed E-state index contributed by atoms with van der Waals surface area (Å²) in [7, 11) is 0. The van der Waals surface area contributed by atoms with Crippen LogP contribution in [0.25, 0.3) is 0 Å². The molecule has 1 saturated carbocycles. The Labute approximate surface area is 101 Å². The summed E-state index contributed by atoms with van der Waals surface area (Å²) in [5.41, 5.74) is 0.200. The fourth-order valence-corrected chi connectivity index (χ4v) is 2.71. The summed E-state index contributed by atoms with van der Waals surface area (Å²) >= 11 is 0. The van der Waals surface area contributed by atoms with Crippen molar-refractivity contribution in [2.45, 2.75) is 45.4 Å². The minimum absolute atomic E-state index is 0.200. The predicted molar refractivity (Wildman–Crippen MR) is 65.1 cm³/mol. The number of H-pyrrole nitrogens is 1. The van der Waals surface area contributed by atoms with Gasteiger partial charge in [0.1, 0.15) is 11.5 Å². The molecule has 1 heterocycles. The van der Waals surface area contributed by atoms with Crippen LogP contribution in [-0.4, -0.2) is 21.0 Å². The van der Waals surface area contributed by atoms with Gasteiger partial charge in [0.15, 0.2) is 0 Å². The molecule has 0 amide bonds. The van der Waals surface area contributed by atoms with Crippen molar-refractivity contribution >= 4 is 5.97 Å². The second-order valence-electron chi connectivity index (χ2n) is 5.34. The van der Waals surface area contributed by atoms with Gasteiger partial charge in [-0.25, -0.2) is 9.78 Å². The summed E-state index contributed by atoms with van der Waals surface area (Å²) in [6, 6.07) is 0. The van der Waals surface area contributed by atoms with Crippen LogP contribution in [0.1, 0.15) is 61.8 Å². The van der Waals surface area contributed by atoms with Crippen LogP contribution in [0.15, 0.2) is 6.20 Å². The van der Waals surface area contributed by atoms with Crippen LogP contribution in [0.2, 0.25) is 0 Å². The molecule has 2 rings (SSSR count). The summed E-state index contributed by atoms with van der Waals surface area (Å²) in [5, 5.41) is 8.84. The van der Waals surface area contributed by atoms with Gasteiger partial charge in [-0.15, -0.1) is 0 Å². The van der Waals surface area contributed by atoms with E-state index >= 15 is 0 Å². The van der Waals surface area contributed by atoms with E-state index in [4.69, 9.17) is 5.11 Å². The number of hydrogen-bond donors (Lipinski definition) is 2. The number of carboxylic acid groups (broad SMARTS) is 1. The molecule has 0 bridgehead atoms. The highest BCUT2D eigenvalue weighted by molar-refractivity contribution is 5.85. The van der Waals surface area contributed by atoms with E-state index in [1.807, 2.05) is 0 Å². The molecule has 1 aliphatic carbocycles. The zero-order valence-electron chi connectivity index (χ0n) is 10.4. The molecular formula is C13H20N2O2. The van der Waals surface area contributed by atoms with Gasteiger partial charge in [0, 0.05) is 5.92 Å². The third-order valence-corrected chi connectivity index (χ3v) is 3.93. The Balaban J connectivity index is 1.98. The highest BCUT2D eigenvalue weighted by Crippen LogP contribution is 2.37. The Morgan fingerprint density at radius 3 is 2.53 bits per heavy atom. The van der Waals surface area contributed by atoms with Gasteiger partial charge in [-0.2, -0.15) is 0 Å². The van der Waals surface area contributed by atoms with Crippen LogP contribution in [0, 0.1) is 11.8 Å². The van der Waals surface area contributed by atoms with E-state index in [-0.39, 0.29) is 5.69 Å². The van der Waals surface area contributed by atoms with Crippen molar-refractivity contribution < 1.29 is 9.90 Å². The Hall–Kier alpha value is -1.32. The number of aromatic nitrogens is 2. The molecule has 0 unspecified atom stereocenters. The number of nitrogens with zero attached hydrogens (tertiary/aromatic N) is 1. The smallest absolute Gasteiger partial charge is 0.353 e. The zero-order valence-corrected chi connectivity index (χ0v) is 10.4. The van der Waals surface area contributed by atoms with Crippen LogP contribution < -0.4 is 0 Å². The maximum Gasteiger partial charge on any atom is 0.353 e. The molecule has 0 saturated heterocycles. The molecule has 17 heavy (non-hydrogen) atoms. The van der Waals surface area contributed by atoms with Crippen molar-refractivity contribution in [2.24, 2.45) is 11.8 Å². The highest BCUT2D eigenvalue weighted by atomic mass is 16.4. The van der Waals surface area contributed by atoms with Gasteiger partial charge in [0.05, 0.1) is 6.20 Å². The van der Waals surface area contributed by atoms with Gasteiger partial charge in [-0.05, 0) is 37.5 Å². The topological polar surface area (TPSA) is 66.0 Å². The molecule has 94 valence electrons. The van der Waals surface area contributed by atoms with Crippen molar-refractivity contribution in [3.05, 3.63) is 17.7 Å². The molecule has 1 aromatic heterocycles. The molecule has 0 radical (unpaired) electrons. The second kappa shape index (κ2) is 4.90. The van der Waals surface area contributed by atoms with Crippen LogP contribution in [0.3, 0.4) is 0 Å². The molecule has 0 atom stereocenters. The number of imidazole rings is 1. The van der Waals surface area contributed by atoms with Crippen molar-refractivity contribution in [1.29, 1.82) is 0 Å². The first-order valence-electron chi connectivity index (χ1n) is 6.36. The summed E-state index contributed by atoms with van der Waals surface area (Å²) in [5.74, 6) is 1.91. The van der Waals surface area contributed by atoms with Crippen molar-refractivity contribution in [3.8, 4) is 0 Å². The number of rotatable bonds is 3. The van der Waals surface area contributed by atoms with Gasteiger partial charge in [0.25, 0.3) is 0 Å². The third kappa shape index (κ3) is 2.68. The van der Waals surface area contributed by atoms with Crippen LogP contribution in [0.5, 0.6) is 0 Å². The standard InChI is InChI=1S/C13H20N2O2/c1-8(2)9-3-5-10(6-4-9)12-14-7-11(15-12)13(16)17/h7-10H,3-6H2,1-2H3,(H,14,15)(H,16,17). The average molecular weight is 236 g/mol. The maximum atomic E-state index is 10.8. The summed E-state index contributed by atoms with van der Waals surface area (Å²) in [4.78, 5) is 17.9. The second-order valence-corrected chi connectivity index (χ2v) is 5.34. The monoisotopic (exact) mass is 236 g/mol. The number of carboxylic acids is 1. The lowest BCUT2D eigenvalue weighted by Crippen LogP contribution is -2.18. The first-order chi connectivity index (χ1) is 8.08. The summed E-state index contributed by atoms with van der Waals surface area (Å²) in [6.45, 7) is 4.56. The van der Waals surface area contributed by atoms with E-state index in [0.717, 1.165) is 30.5 Å². The SMILES string of the molecule is CC(C)C1CCC(c2ncc(C(=O)O)[nH]2)CC1. The molecule has 4 heteroatoms. The number of aromatic amines is 1. The predicted octanol–water partition coefficient (Wildman–Crippen LogP) is 3.04. The molecule has 1 aliphatic rings. The number of aromatic carboxylic acids is 1. The van der Waals surface area contributed by atoms with Gasteiger partial charge in [0.2, 0.25) is 0 Å². The van der Waals surface area contributed by atoms with Gasteiger partial charge < -0.3 is 10.1 Å². The van der Waals surface area contributed by atoms with Crippen LogP contribution >= 0.6 is 0 Å². The Kier molecular flexibility index (Phi) is 3.50. The van der Waals surface area contributed by atoms with E-state index in [1.165, 1.54) is 19.0 Å². The van der Waals surface area contributed by atoms with Crippen molar-refractivity contribution in [2.75, 3.05) is 0 Å². The van der Waals surface area contributed by atoms with Crippen molar-refractivity contribution in [3.63, 3.8) is 0 Å². The molecule has 1 aromatic rings. The number of nitrogens with one attached hydrogen (secondary N) is 1. The lowest BCUT2D eigenvalue weighted by Gasteiger charge is -2.29. The Bertz CT molecular complexity index is 390. The zero-order chi connectivity index (χ0) is 12.4. The molecular weight excluding hydrogens is 216 g/mol.